The van der Waals surface area contributed by atoms with E-state index in [9.17, 15) is 0 Å². The number of rotatable bonds is 0. The van der Waals surface area contributed by atoms with E-state index in [0.717, 1.165) is 0 Å². The van der Waals surface area contributed by atoms with Crippen LogP contribution in [0.25, 0.3) is 0 Å². The molecule has 0 amide bonds. The van der Waals surface area contributed by atoms with Gasteiger partial charge in [-0.25, -0.2) is 0 Å². The van der Waals surface area contributed by atoms with Gasteiger partial charge in [0.25, 0.3) is 0 Å². The summed E-state index contributed by atoms with van der Waals surface area (Å²) in [4.78, 5) is 0. The highest BCUT2D eigenvalue weighted by molar-refractivity contribution is 5.37. The van der Waals surface area contributed by atoms with Gasteiger partial charge in [0.05, 0.1) is 5.69 Å². The van der Waals surface area contributed by atoms with Gasteiger partial charge in [-0.1, -0.05) is 33.1 Å². The van der Waals surface area contributed by atoms with E-state index in [4.69, 9.17) is 5.10 Å². The zero-order valence-corrected chi connectivity index (χ0v) is 11.8. The van der Waals surface area contributed by atoms with Crippen molar-refractivity contribution in [3.63, 3.8) is 0 Å². The predicted octanol–water partition coefficient (Wildman–Crippen LogP) is 3.90. The molecule has 2 aliphatic rings. The van der Waals surface area contributed by atoms with Gasteiger partial charge < -0.3 is 0 Å². The van der Waals surface area contributed by atoms with Crippen molar-refractivity contribution in [1.82, 2.24) is 9.78 Å². The normalized spacial score (nSPS) is 20.9. The van der Waals surface area contributed by atoms with Crippen molar-refractivity contribution in [3.05, 3.63) is 17.0 Å². The Balaban J connectivity index is 0.000000514. The maximum Gasteiger partial charge on any atom is 0.0720 e. The fraction of sp³-hybridized carbons (Fsp3) is 0.800. The average molecular weight is 234 g/mol. The number of hydrogen-bond donors (Lipinski definition) is 0. The minimum atomic E-state index is 0.486. The van der Waals surface area contributed by atoms with E-state index >= 15 is 0 Å². The highest BCUT2D eigenvalue weighted by atomic mass is 15.3. The van der Waals surface area contributed by atoms with E-state index in [1.54, 1.807) is 5.56 Å². The molecule has 2 nitrogen and oxygen atoms in total. The van der Waals surface area contributed by atoms with Crippen LogP contribution in [0.3, 0.4) is 0 Å². The summed E-state index contributed by atoms with van der Waals surface area (Å²) in [5, 5.41) is 4.78. The Labute approximate surface area is 105 Å². The van der Waals surface area contributed by atoms with Gasteiger partial charge in [-0.2, -0.15) is 5.10 Å². The molecule has 1 heterocycles. The number of aryl methyl sites for hydroxylation is 1. The summed E-state index contributed by atoms with van der Waals surface area (Å²) in [7, 11) is 2.09. The van der Waals surface area contributed by atoms with Crippen LogP contribution < -0.4 is 0 Å². The number of hydrogen-bond acceptors (Lipinski definition) is 1. The van der Waals surface area contributed by atoms with Crippen molar-refractivity contribution in [1.29, 1.82) is 0 Å². The molecule has 1 saturated carbocycles. The molecule has 0 aliphatic heterocycles. The van der Waals surface area contributed by atoms with Gasteiger partial charge in [0.15, 0.2) is 0 Å². The van der Waals surface area contributed by atoms with Crippen LogP contribution in [-0.4, -0.2) is 9.78 Å². The molecular formula is C15H26N2. The Morgan fingerprint density at radius 2 is 1.71 bits per heavy atom. The maximum absolute atomic E-state index is 4.78. The summed E-state index contributed by atoms with van der Waals surface area (Å²) in [6.45, 7) is 6.22. The Hall–Kier alpha value is -0.790. The second-order valence-corrected chi connectivity index (χ2v) is 5.38. The Morgan fingerprint density at radius 1 is 1.06 bits per heavy atom. The van der Waals surface area contributed by atoms with Crippen LogP contribution in [0.2, 0.25) is 0 Å². The van der Waals surface area contributed by atoms with Gasteiger partial charge in [-0.05, 0) is 38.2 Å². The molecule has 0 bridgehead atoms. The van der Waals surface area contributed by atoms with E-state index in [2.05, 4.69) is 18.7 Å². The second kappa shape index (κ2) is 4.83. The third kappa shape index (κ3) is 1.92. The highest BCUT2D eigenvalue weighted by Crippen LogP contribution is 2.48. The molecule has 1 spiro atoms. The Kier molecular flexibility index (Phi) is 3.60. The highest BCUT2D eigenvalue weighted by Gasteiger charge is 2.42. The van der Waals surface area contributed by atoms with E-state index in [-0.39, 0.29) is 0 Å². The standard InChI is InChI=1S/C13H20N2.C2H6/c1-10-11-6-9-13(7-4-3-5-8-13)12(11)14-15(10)2;1-2/h3-9H2,1-2H3;1-2H3. The van der Waals surface area contributed by atoms with Crippen LogP contribution in [0.15, 0.2) is 0 Å². The van der Waals surface area contributed by atoms with Crippen molar-refractivity contribution < 1.29 is 0 Å². The maximum atomic E-state index is 4.78. The fourth-order valence-electron chi connectivity index (χ4n) is 3.58. The molecule has 3 rings (SSSR count). The molecule has 1 fully saturated rings. The first kappa shape index (κ1) is 12.7. The van der Waals surface area contributed by atoms with Crippen LogP contribution >= 0.6 is 0 Å². The summed E-state index contributed by atoms with van der Waals surface area (Å²) in [5.41, 5.74) is 4.91. The molecule has 2 heteroatoms. The van der Waals surface area contributed by atoms with Crippen molar-refractivity contribution in [2.45, 2.75) is 71.1 Å². The van der Waals surface area contributed by atoms with Crippen LogP contribution in [-0.2, 0) is 18.9 Å². The van der Waals surface area contributed by atoms with Gasteiger partial charge in [-0.15, -0.1) is 0 Å². The predicted molar refractivity (Wildman–Crippen MR) is 72.4 cm³/mol. The largest absolute Gasteiger partial charge is 0.272 e. The van der Waals surface area contributed by atoms with Gasteiger partial charge in [-0.3, -0.25) is 4.68 Å². The molecule has 17 heavy (non-hydrogen) atoms. The first-order valence-corrected chi connectivity index (χ1v) is 7.26. The first-order valence-electron chi connectivity index (χ1n) is 7.26. The lowest BCUT2D eigenvalue weighted by Gasteiger charge is -2.32. The number of nitrogens with zero attached hydrogens (tertiary/aromatic N) is 2. The SMILES string of the molecule is CC.Cc1c2c(nn1C)C1(CCCCC1)CC2. The molecule has 96 valence electrons. The van der Waals surface area contributed by atoms with Gasteiger partial charge >= 0.3 is 0 Å². The second-order valence-electron chi connectivity index (χ2n) is 5.38. The zero-order chi connectivity index (χ0) is 12.5. The Morgan fingerprint density at radius 3 is 2.35 bits per heavy atom. The van der Waals surface area contributed by atoms with Crippen molar-refractivity contribution >= 4 is 0 Å². The van der Waals surface area contributed by atoms with Crippen molar-refractivity contribution in [3.8, 4) is 0 Å². The summed E-state index contributed by atoms with van der Waals surface area (Å²) >= 11 is 0. The minimum Gasteiger partial charge on any atom is -0.272 e. The van der Waals surface area contributed by atoms with Crippen LogP contribution in [0.5, 0.6) is 0 Å². The molecule has 0 saturated heterocycles. The fourth-order valence-corrected chi connectivity index (χ4v) is 3.58. The van der Waals surface area contributed by atoms with Crippen LogP contribution in [0.1, 0.15) is 69.3 Å². The first-order chi connectivity index (χ1) is 8.23. The molecule has 1 aromatic rings. The average Bonchev–Trinajstić information content (AvgIpc) is 2.85. The lowest BCUT2D eigenvalue weighted by atomic mass is 9.72. The number of aromatic nitrogens is 2. The lowest BCUT2D eigenvalue weighted by Crippen LogP contribution is -2.27. The van der Waals surface area contributed by atoms with E-state index in [1.165, 1.54) is 56.3 Å². The monoisotopic (exact) mass is 234 g/mol. The zero-order valence-electron chi connectivity index (χ0n) is 11.8. The smallest absolute Gasteiger partial charge is 0.0720 e. The molecular weight excluding hydrogens is 208 g/mol. The van der Waals surface area contributed by atoms with Gasteiger partial charge in [0.2, 0.25) is 0 Å². The van der Waals surface area contributed by atoms with Crippen molar-refractivity contribution in [2.24, 2.45) is 7.05 Å². The van der Waals surface area contributed by atoms with Gasteiger partial charge in [0.1, 0.15) is 0 Å². The summed E-state index contributed by atoms with van der Waals surface area (Å²) in [6, 6.07) is 0. The Bertz CT molecular complexity index is 384. The lowest BCUT2D eigenvalue weighted by molar-refractivity contribution is 0.282. The third-order valence-electron chi connectivity index (χ3n) is 4.62. The molecule has 0 unspecified atom stereocenters. The molecule has 0 N–H and O–H groups in total. The summed E-state index contributed by atoms with van der Waals surface area (Å²) < 4.78 is 2.08. The quantitative estimate of drug-likeness (QED) is 0.665. The molecule has 2 aliphatic carbocycles. The van der Waals surface area contributed by atoms with E-state index in [1.807, 2.05) is 13.8 Å². The van der Waals surface area contributed by atoms with E-state index < -0.39 is 0 Å². The summed E-state index contributed by atoms with van der Waals surface area (Å²) in [6.07, 6.45) is 9.67. The molecule has 1 aromatic heterocycles. The number of fused-ring (bicyclic) bond motifs is 2. The summed E-state index contributed by atoms with van der Waals surface area (Å²) in [5.74, 6) is 0. The molecule has 0 radical (unpaired) electrons. The van der Waals surface area contributed by atoms with Crippen molar-refractivity contribution in [2.75, 3.05) is 0 Å². The molecule has 0 atom stereocenters. The third-order valence-corrected chi connectivity index (χ3v) is 4.62. The topological polar surface area (TPSA) is 17.8 Å². The van der Waals surface area contributed by atoms with Crippen LogP contribution in [0, 0.1) is 6.92 Å². The molecule has 0 aromatic carbocycles. The van der Waals surface area contributed by atoms with E-state index in [0.29, 0.717) is 5.41 Å². The van der Waals surface area contributed by atoms with Gasteiger partial charge in [0, 0.05) is 18.2 Å². The van der Waals surface area contributed by atoms with Crippen LogP contribution in [0.4, 0.5) is 0 Å². The minimum absolute atomic E-state index is 0.486.